The van der Waals surface area contributed by atoms with Gasteiger partial charge in [0.15, 0.2) is 0 Å². The van der Waals surface area contributed by atoms with Crippen LogP contribution in [0.4, 0.5) is 8.78 Å². The summed E-state index contributed by atoms with van der Waals surface area (Å²) < 4.78 is 29.9. The fraction of sp³-hybridized carbons (Fsp3) is 0.442. The van der Waals surface area contributed by atoms with Gasteiger partial charge in [0, 0.05) is 67.2 Å². The van der Waals surface area contributed by atoms with Crippen LogP contribution in [0.5, 0.6) is 0 Å². The minimum absolute atomic E-state index is 0.0264. The van der Waals surface area contributed by atoms with Crippen LogP contribution in [0.1, 0.15) is 83.5 Å². The molecule has 0 aliphatic heterocycles. The van der Waals surface area contributed by atoms with Gasteiger partial charge in [0.1, 0.15) is 35.8 Å². The third-order valence-electron chi connectivity index (χ3n) is 10.7. The monoisotopic (exact) mass is 1050 g/mol. The molecule has 0 bridgehead atoms. The number of amides is 7. The van der Waals surface area contributed by atoms with Crippen molar-refractivity contribution in [3.63, 3.8) is 0 Å². The molecule has 0 saturated heterocycles. The molecular formula is C52H69F2N9O10S. The van der Waals surface area contributed by atoms with Gasteiger partial charge in [-0.15, -0.1) is 11.8 Å². The van der Waals surface area contributed by atoms with E-state index in [0.29, 0.717) is 29.7 Å². The van der Waals surface area contributed by atoms with Crippen molar-refractivity contribution in [2.45, 2.75) is 110 Å². The van der Waals surface area contributed by atoms with Gasteiger partial charge in [-0.1, -0.05) is 64.4 Å². The molecule has 402 valence electrons. The predicted octanol–water partition coefficient (Wildman–Crippen LogP) is 3.15. The number of carboxylic acids is 1. The predicted molar refractivity (Wildman–Crippen MR) is 276 cm³/mol. The Bertz CT molecular complexity index is 2490. The highest BCUT2D eigenvalue weighted by Crippen LogP contribution is 2.30. The molecule has 0 unspecified atom stereocenters. The highest BCUT2D eigenvalue weighted by molar-refractivity contribution is 8.00. The van der Waals surface area contributed by atoms with Gasteiger partial charge in [-0.2, -0.15) is 0 Å². The molecule has 22 heteroatoms. The molecule has 10 N–H and O–H groups in total. The molecule has 0 aliphatic rings. The van der Waals surface area contributed by atoms with Gasteiger partial charge in [0.05, 0.1) is 25.2 Å². The van der Waals surface area contributed by atoms with Crippen LogP contribution in [0.25, 0.3) is 11.1 Å². The number of rotatable bonds is 28. The second-order valence-electron chi connectivity index (χ2n) is 18.5. The molecule has 0 saturated carbocycles. The number of carboxylic acid groups (broad SMARTS) is 1. The Hall–Kier alpha value is -7.20. The molecule has 4 rings (SSSR count). The smallest absolute Gasteiger partial charge is 0.327 e. The van der Waals surface area contributed by atoms with Crippen LogP contribution >= 0.6 is 11.8 Å². The number of hydrogen-bond donors (Lipinski definition) is 9. The second kappa shape index (κ2) is 31.4. The van der Waals surface area contributed by atoms with E-state index in [0.717, 1.165) is 29.9 Å². The Morgan fingerprint density at radius 3 is 2.09 bits per heavy atom. The fourth-order valence-electron chi connectivity index (χ4n) is 7.14. The zero-order chi connectivity index (χ0) is 54.8. The highest BCUT2D eigenvalue weighted by Gasteiger charge is 2.29. The van der Waals surface area contributed by atoms with Crippen molar-refractivity contribution in [3.05, 3.63) is 114 Å². The molecule has 0 radical (unpaired) electrons. The summed E-state index contributed by atoms with van der Waals surface area (Å²) in [6, 6.07) is 14.4. The summed E-state index contributed by atoms with van der Waals surface area (Å²) in [4.78, 5) is 101. The van der Waals surface area contributed by atoms with E-state index < -0.39 is 96.1 Å². The maximum Gasteiger partial charge on any atom is 0.327 e. The second-order valence-corrected chi connectivity index (χ2v) is 19.6. The lowest BCUT2D eigenvalue weighted by Gasteiger charge is -2.24. The molecule has 7 amide bonds. The van der Waals surface area contributed by atoms with Crippen molar-refractivity contribution in [1.29, 1.82) is 0 Å². The SMILES string of the molecule is CC(C)(C)Cc1cc(-c2cc(F)ccc2F)cn1Cc1ccccc1.CCC[C@@H](NC(=O)[C@H](C)NC(=O)Cc1ccncc1)C(=O)N[C@@H](CC(N)=O)C(=O)NCCCNC(=O)CSC[C@H](NC(=O)CCO)C(=O)O. The summed E-state index contributed by atoms with van der Waals surface area (Å²) in [7, 11) is 0. The van der Waals surface area contributed by atoms with E-state index in [1.807, 2.05) is 30.5 Å². The Balaban J connectivity index is 0.000000477. The average Bonchev–Trinajstić information content (AvgIpc) is 3.71. The van der Waals surface area contributed by atoms with Crippen LogP contribution in [0.3, 0.4) is 0 Å². The normalized spacial score (nSPS) is 12.6. The molecule has 19 nitrogen and oxygen atoms in total. The van der Waals surface area contributed by atoms with E-state index in [1.54, 1.807) is 31.5 Å². The van der Waals surface area contributed by atoms with Gasteiger partial charge in [0.2, 0.25) is 41.4 Å². The van der Waals surface area contributed by atoms with Crippen LogP contribution in [-0.2, 0) is 57.7 Å². The number of aliphatic hydroxyl groups excluding tert-OH is 1. The number of primary amides is 1. The van der Waals surface area contributed by atoms with E-state index in [4.69, 9.17) is 10.8 Å². The number of nitrogens with zero attached hydrogens (tertiary/aromatic N) is 2. The van der Waals surface area contributed by atoms with Crippen molar-refractivity contribution in [1.82, 2.24) is 41.5 Å². The molecule has 74 heavy (non-hydrogen) atoms. The first-order valence-corrected chi connectivity index (χ1v) is 25.2. The number of hydrogen-bond acceptors (Lipinski definition) is 11. The lowest BCUT2D eigenvalue weighted by Crippen LogP contribution is -2.57. The van der Waals surface area contributed by atoms with Gasteiger partial charge in [-0.3, -0.25) is 38.5 Å². The number of aliphatic hydroxyl groups is 1. The van der Waals surface area contributed by atoms with E-state index in [-0.39, 0.29) is 55.7 Å². The number of nitrogens with two attached hydrogens (primary N) is 1. The van der Waals surface area contributed by atoms with Crippen LogP contribution in [-0.4, -0.2) is 122 Å². The average molecular weight is 1050 g/mol. The zero-order valence-electron chi connectivity index (χ0n) is 42.4. The summed E-state index contributed by atoms with van der Waals surface area (Å²) >= 11 is 0.985. The lowest BCUT2D eigenvalue weighted by atomic mass is 9.90. The molecule has 0 spiro atoms. The molecule has 0 fully saturated rings. The standard InChI is InChI=1S/C30H46N8O10S.C22H23F2N/c1-3-5-20(37-27(44)18(2)35-25(42)14-19-6-11-32-12-7-19)29(46)38-21(15-23(31)40)28(45)34-10-4-9-33-26(43)17-49-16-22(30(47)48)36-24(41)8-13-39;1-22(2,3)13-19-11-17(20-12-18(23)9-10-21(20)24)15-25(19)14-16-7-5-4-6-8-16/h6-7,11-12,18,20-22,39H,3-5,8-10,13-17H2,1-2H3,(H2,31,40)(H,33,43)(H,34,45)(H,35,42)(H,36,41)(H,37,44)(H,38,46)(H,47,48);4-12,15H,13-14H2,1-3H3/t18-,20+,21-,22-;/m0./s1. The number of carbonyl (C=O) groups is 8. The van der Waals surface area contributed by atoms with Crippen LogP contribution in [0.15, 0.2) is 85.3 Å². The largest absolute Gasteiger partial charge is 0.480 e. The first-order chi connectivity index (χ1) is 35.1. The highest BCUT2D eigenvalue weighted by atomic mass is 32.2. The summed E-state index contributed by atoms with van der Waals surface area (Å²) in [6.07, 6.45) is 6.09. The first kappa shape index (κ1) is 61.1. The maximum absolute atomic E-state index is 14.2. The molecule has 2 aromatic heterocycles. The quantitative estimate of drug-likeness (QED) is 0.0371. The van der Waals surface area contributed by atoms with E-state index >= 15 is 0 Å². The van der Waals surface area contributed by atoms with Crippen LogP contribution < -0.4 is 37.6 Å². The zero-order valence-corrected chi connectivity index (χ0v) is 43.2. The number of aliphatic carboxylic acids is 1. The summed E-state index contributed by atoms with van der Waals surface area (Å²) in [5.41, 5.74) is 9.42. The topological polar surface area (TPSA) is 293 Å². The number of benzene rings is 2. The fourth-order valence-corrected chi connectivity index (χ4v) is 8.00. The van der Waals surface area contributed by atoms with Gasteiger partial charge in [-0.05, 0) is 79.1 Å². The van der Waals surface area contributed by atoms with Crippen molar-refractivity contribution in [2.75, 3.05) is 31.2 Å². The Labute approximate surface area is 434 Å². The Kier molecular flexibility index (Phi) is 25.9. The molecule has 0 aliphatic carbocycles. The minimum Gasteiger partial charge on any atom is -0.480 e. The number of carbonyl (C=O) groups excluding carboxylic acids is 7. The van der Waals surface area contributed by atoms with E-state index in [1.165, 1.54) is 24.6 Å². The molecule has 4 aromatic rings. The Morgan fingerprint density at radius 2 is 1.46 bits per heavy atom. The molecular weight excluding hydrogens is 981 g/mol. The molecule has 2 heterocycles. The maximum atomic E-state index is 14.2. The number of pyridine rings is 1. The molecule has 2 aromatic carbocycles. The number of thioether (sulfide) groups is 1. The molecule has 4 atom stereocenters. The van der Waals surface area contributed by atoms with E-state index in [2.05, 4.69) is 74.4 Å². The van der Waals surface area contributed by atoms with Crippen LogP contribution in [0.2, 0.25) is 0 Å². The van der Waals surface area contributed by atoms with Crippen molar-refractivity contribution >= 4 is 59.1 Å². The van der Waals surface area contributed by atoms with Crippen molar-refractivity contribution in [3.8, 4) is 11.1 Å². The van der Waals surface area contributed by atoms with E-state index in [9.17, 15) is 52.2 Å². The van der Waals surface area contributed by atoms with Gasteiger partial charge < -0.3 is 52.4 Å². The minimum atomic E-state index is -1.34. The number of aromatic nitrogens is 2. The van der Waals surface area contributed by atoms with Gasteiger partial charge in [0.25, 0.3) is 0 Å². The Morgan fingerprint density at radius 1 is 0.784 bits per heavy atom. The van der Waals surface area contributed by atoms with Gasteiger partial charge in [-0.25, -0.2) is 13.6 Å². The first-order valence-electron chi connectivity index (χ1n) is 24.1. The van der Waals surface area contributed by atoms with Gasteiger partial charge >= 0.3 is 5.97 Å². The van der Waals surface area contributed by atoms with Crippen LogP contribution in [0, 0.1) is 17.0 Å². The lowest BCUT2D eigenvalue weighted by molar-refractivity contribution is -0.141. The van der Waals surface area contributed by atoms with Crippen molar-refractivity contribution < 1.29 is 57.4 Å². The summed E-state index contributed by atoms with van der Waals surface area (Å²) in [5.74, 6) is -6.64. The third-order valence-corrected chi connectivity index (χ3v) is 11.8. The number of halogens is 2. The van der Waals surface area contributed by atoms with Crippen molar-refractivity contribution in [2.24, 2.45) is 11.1 Å². The third kappa shape index (κ3) is 23.1. The summed E-state index contributed by atoms with van der Waals surface area (Å²) in [6.45, 7) is 10.3. The summed E-state index contributed by atoms with van der Waals surface area (Å²) in [5, 5.41) is 33.0. The number of nitrogens with one attached hydrogen (secondary N) is 6.